The van der Waals surface area contributed by atoms with E-state index in [1.54, 1.807) is 12.1 Å². The van der Waals surface area contributed by atoms with E-state index in [0.29, 0.717) is 31.1 Å². The molecule has 1 atom stereocenters. The van der Waals surface area contributed by atoms with Crippen LogP contribution in [0.4, 0.5) is 0 Å². The molecule has 0 radical (unpaired) electrons. The fourth-order valence-corrected chi connectivity index (χ4v) is 3.93. The van der Waals surface area contributed by atoms with Crippen LogP contribution in [0, 0.1) is 6.92 Å². The van der Waals surface area contributed by atoms with Crippen molar-refractivity contribution in [3.05, 3.63) is 29.8 Å². The van der Waals surface area contributed by atoms with Gasteiger partial charge in [0.15, 0.2) is 0 Å². The van der Waals surface area contributed by atoms with Crippen molar-refractivity contribution in [2.45, 2.75) is 17.9 Å². The molecule has 0 aliphatic carbocycles. The molecule has 1 aliphatic rings. The maximum absolute atomic E-state index is 12.6. The van der Waals surface area contributed by atoms with Gasteiger partial charge in [-0.15, -0.1) is 0 Å². The SMILES string of the molecule is CNCC1CN(S(=O)(=O)c2ccccc2C)CCO1. The van der Waals surface area contributed by atoms with Gasteiger partial charge in [-0.25, -0.2) is 8.42 Å². The van der Waals surface area contributed by atoms with Gasteiger partial charge in [0.05, 0.1) is 17.6 Å². The van der Waals surface area contributed by atoms with Crippen LogP contribution in [0.1, 0.15) is 5.56 Å². The molecule has 0 amide bonds. The van der Waals surface area contributed by atoms with Crippen LogP contribution in [-0.4, -0.2) is 52.1 Å². The largest absolute Gasteiger partial charge is 0.374 e. The maximum atomic E-state index is 12.6. The highest BCUT2D eigenvalue weighted by Gasteiger charge is 2.31. The third-order valence-corrected chi connectivity index (χ3v) is 5.27. The van der Waals surface area contributed by atoms with Gasteiger partial charge in [-0.1, -0.05) is 18.2 Å². The average molecular weight is 284 g/mol. The van der Waals surface area contributed by atoms with Crippen LogP contribution in [-0.2, 0) is 14.8 Å². The molecule has 1 unspecified atom stereocenters. The molecule has 5 nitrogen and oxygen atoms in total. The van der Waals surface area contributed by atoms with E-state index in [-0.39, 0.29) is 6.10 Å². The molecular weight excluding hydrogens is 264 g/mol. The Kier molecular flexibility index (Phi) is 4.57. The Labute approximate surface area is 114 Å². The van der Waals surface area contributed by atoms with Crippen LogP contribution in [0.5, 0.6) is 0 Å². The molecule has 0 spiro atoms. The van der Waals surface area contributed by atoms with Gasteiger partial charge in [0.2, 0.25) is 10.0 Å². The summed E-state index contributed by atoms with van der Waals surface area (Å²) in [5.41, 5.74) is 0.777. The van der Waals surface area contributed by atoms with Crippen molar-refractivity contribution >= 4 is 10.0 Å². The number of morpholine rings is 1. The summed E-state index contributed by atoms with van der Waals surface area (Å²) in [6.07, 6.45) is -0.0856. The number of benzene rings is 1. The number of rotatable bonds is 4. The van der Waals surface area contributed by atoms with E-state index in [4.69, 9.17) is 4.74 Å². The molecule has 1 aromatic rings. The fraction of sp³-hybridized carbons (Fsp3) is 0.538. The molecule has 1 aromatic carbocycles. The van der Waals surface area contributed by atoms with Crippen LogP contribution in [0.3, 0.4) is 0 Å². The molecule has 0 saturated carbocycles. The van der Waals surface area contributed by atoms with Gasteiger partial charge in [-0.3, -0.25) is 0 Å². The average Bonchev–Trinajstić information content (AvgIpc) is 2.40. The number of likely N-dealkylation sites (N-methyl/N-ethyl adjacent to an activating group) is 1. The van der Waals surface area contributed by atoms with Gasteiger partial charge in [0.25, 0.3) is 0 Å². The Morgan fingerprint density at radius 3 is 2.84 bits per heavy atom. The normalized spacial score (nSPS) is 21.5. The van der Waals surface area contributed by atoms with E-state index in [1.165, 1.54) is 4.31 Å². The first-order chi connectivity index (χ1) is 9.05. The molecule has 1 saturated heterocycles. The van der Waals surface area contributed by atoms with Crippen molar-refractivity contribution in [1.29, 1.82) is 0 Å². The second kappa shape index (κ2) is 6.00. The minimum absolute atomic E-state index is 0.0856. The minimum atomic E-state index is -3.42. The zero-order chi connectivity index (χ0) is 13.9. The van der Waals surface area contributed by atoms with E-state index in [2.05, 4.69) is 5.32 Å². The maximum Gasteiger partial charge on any atom is 0.243 e. The number of hydrogen-bond acceptors (Lipinski definition) is 4. The van der Waals surface area contributed by atoms with Crippen molar-refractivity contribution in [3.63, 3.8) is 0 Å². The minimum Gasteiger partial charge on any atom is -0.374 e. The van der Waals surface area contributed by atoms with Crippen LogP contribution in [0.15, 0.2) is 29.2 Å². The summed E-state index contributed by atoms with van der Waals surface area (Å²) in [7, 11) is -1.59. The first-order valence-corrected chi connectivity index (χ1v) is 7.81. The quantitative estimate of drug-likeness (QED) is 0.880. The molecule has 0 bridgehead atoms. The number of aryl methyl sites for hydroxylation is 1. The monoisotopic (exact) mass is 284 g/mol. The molecule has 1 heterocycles. The lowest BCUT2D eigenvalue weighted by Gasteiger charge is -2.32. The number of nitrogens with one attached hydrogen (secondary N) is 1. The van der Waals surface area contributed by atoms with Crippen molar-refractivity contribution in [2.75, 3.05) is 33.3 Å². The highest BCUT2D eigenvalue weighted by atomic mass is 32.2. The Hall–Kier alpha value is -0.950. The lowest BCUT2D eigenvalue weighted by Crippen LogP contribution is -2.48. The number of ether oxygens (including phenoxy) is 1. The van der Waals surface area contributed by atoms with Crippen LogP contribution in [0.2, 0.25) is 0 Å². The number of nitrogens with zero attached hydrogens (tertiary/aromatic N) is 1. The van der Waals surface area contributed by atoms with Gasteiger partial charge in [0.1, 0.15) is 0 Å². The fourth-order valence-electron chi connectivity index (χ4n) is 2.25. The van der Waals surface area contributed by atoms with Gasteiger partial charge >= 0.3 is 0 Å². The van der Waals surface area contributed by atoms with E-state index >= 15 is 0 Å². The standard InChI is InChI=1S/C13H20N2O3S/c1-11-5-3-4-6-13(11)19(16,17)15-7-8-18-12(10-15)9-14-2/h3-6,12,14H,7-10H2,1-2H3. The second-order valence-corrected chi connectivity index (χ2v) is 6.59. The van der Waals surface area contributed by atoms with Crippen molar-refractivity contribution in [3.8, 4) is 0 Å². The lowest BCUT2D eigenvalue weighted by atomic mass is 10.2. The molecule has 6 heteroatoms. The number of sulfonamides is 1. The first-order valence-electron chi connectivity index (χ1n) is 6.37. The molecule has 1 aliphatic heterocycles. The summed E-state index contributed by atoms with van der Waals surface area (Å²) in [5.74, 6) is 0. The highest BCUT2D eigenvalue weighted by Crippen LogP contribution is 2.21. The zero-order valence-electron chi connectivity index (χ0n) is 11.3. The third kappa shape index (κ3) is 3.14. The molecule has 1 fully saturated rings. The molecule has 1 N–H and O–H groups in total. The van der Waals surface area contributed by atoms with Crippen molar-refractivity contribution < 1.29 is 13.2 Å². The molecule has 106 valence electrons. The zero-order valence-corrected chi connectivity index (χ0v) is 12.1. The molecule has 2 rings (SSSR count). The van der Waals surface area contributed by atoms with Crippen LogP contribution < -0.4 is 5.32 Å². The summed E-state index contributed by atoms with van der Waals surface area (Å²) in [6.45, 7) is 3.73. The summed E-state index contributed by atoms with van der Waals surface area (Å²) < 4.78 is 32.3. The van der Waals surface area contributed by atoms with Crippen molar-refractivity contribution in [1.82, 2.24) is 9.62 Å². The van der Waals surface area contributed by atoms with Gasteiger partial charge < -0.3 is 10.1 Å². The molecule has 0 aromatic heterocycles. The van der Waals surface area contributed by atoms with E-state index in [1.807, 2.05) is 26.1 Å². The van der Waals surface area contributed by atoms with E-state index in [0.717, 1.165) is 5.56 Å². The first kappa shape index (κ1) is 14.5. The Morgan fingerprint density at radius 1 is 1.42 bits per heavy atom. The third-order valence-electron chi connectivity index (χ3n) is 3.24. The van der Waals surface area contributed by atoms with Gasteiger partial charge in [-0.2, -0.15) is 4.31 Å². The van der Waals surface area contributed by atoms with Crippen LogP contribution in [0.25, 0.3) is 0 Å². The summed E-state index contributed by atoms with van der Waals surface area (Å²) in [4.78, 5) is 0.389. The van der Waals surface area contributed by atoms with E-state index in [9.17, 15) is 8.42 Å². The summed E-state index contributed by atoms with van der Waals surface area (Å²) >= 11 is 0. The Morgan fingerprint density at radius 2 is 2.16 bits per heavy atom. The predicted molar refractivity (Wildman–Crippen MR) is 73.6 cm³/mol. The lowest BCUT2D eigenvalue weighted by molar-refractivity contribution is 0.000814. The topological polar surface area (TPSA) is 58.6 Å². The molecular formula is C13H20N2O3S. The summed E-state index contributed by atoms with van der Waals surface area (Å²) in [5, 5.41) is 3.01. The highest BCUT2D eigenvalue weighted by molar-refractivity contribution is 7.89. The summed E-state index contributed by atoms with van der Waals surface area (Å²) in [6, 6.07) is 7.08. The van der Waals surface area contributed by atoms with Gasteiger partial charge in [-0.05, 0) is 25.6 Å². The van der Waals surface area contributed by atoms with Crippen molar-refractivity contribution in [2.24, 2.45) is 0 Å². The van der Waals surface area contributed by atoms with Gasteiger partial charge in [0, 0.05) is 19.6 Å². The Balaban J connectivity index is 2.22. The second-order valence-electron chi connectivity index (χ2n) is 4.68. The molecule has 19 heavy (non-hydrogen) atoms. The Bertz CT molecular complexity index is 528. The predicted octanol–water partition coefficient (Wildman–Crippen LogP) is 0.604. The van der Waals surface area contributed by atoms with Crippen LogP contribution >= 0.6 is 0 Å². The van der Waals surface area contributed by atoms with E-state index < -0.39 is 10.0 Å². The smallest absolute Gasteiger partial charge is 0.243 e. The number of hydrogen-bond donors (Lipinski definition) is 1.